The van der Waals surface area contributed by atoms with Gasteiger partial charge in [0.2, 0.25) is 0 Å². The van der Waals surface area contributed by atoms with Gasteiger partial charge in [-0.05, 0) is 30.2 Å². The maximum atomic E-state index is 5.68. The van der Waals surface area contributed by atoms with Gasteiger partial charge in [0.1, 0.15) is 5.76 Å². The minimum Gasteiger partial charge on any atom is -0.448 e. The van der Waals surface area contributed by atoms with E-state index in [2.05, 4.69) is 12.2 Å². The quantitative estimate of drug-likeness (QED) is 0.866. The summed E-state index contributed by atoms with van der Waals surface area (Å²) < 4.78 is 5.27. The first kappa shape index (κ1) is 10.4. The lowest BCUT2D eigenvalue weighted by molar-refractivity contribution is 0.454. The average Bonchev–Trinajstić information content (AvgIpc) is 2.72. The summed E-state index contributed by atoms with van der Waals surface area (Å²) in [6.07, 6.45) is 1.25. The number of thioether (sulfide) groups is 1. The van der Waals surface area contributed by atoms with Crippen molar-refractivity contribution in [3.63, 3.8) is 0 Å². The van der Waals surface area contributed by atoms with Gasteiger partial charge in [0.05, 0.1) is 6.54 Å². The highest BCUT2D eigenvalue weighted by molar-refractivity contribution is 8.00. The lowest BCUT2D eigenvalue weighted by Crippen LogP contribution is -2.28. The first-order chi connectivity index (χ1) is 6.74. The molecule has 2 nitrogen and oxygen atoms in total. The zero-order valence-electron chi connectivity index (χ0n) is 8.13. The van der Waals surface area contributed by atoms with Crippen molar-refractivity contribution >= 4 is 23.4 Å². The highest BCUT2D eigenvalue weighted by atomic mass is 35.5. The first-order valence-corrected chi connectivity index (χ1v) is 6.26. The Balaban J connectivity index is 1.77. The monoisotopic (exact) mass is 231 g/mol. The van der Waals surface area contributed by atoms with Crippen molar-refractivity contribution in [1.82, 2.24) is 5.32 Å². The molecule has 0 amide bonds. The van der Waals surface area contributed by atoms with Crippen molar-refractivity contribution < 1.29 is 4.42 Å². The molecule has 0 radical (unpaired) electrons. The van der Waals surface area contributed by atoms with E-state index in [1.807, 2.05) is 17.8 Å². The van der Waals surface area contributed by atoms with Crippen LogP contribution in [0, 0.1) is 0 Å². The fourth-order valence-electron chi connectivity index (χ4n) is 1.65. The fraction of sp³-hybridized carbons (Fsp3) is 0.600. The zero-order chi connectivity index (χ0) is 9.97. The van der Waals surface area contributed by atoms with E-state index in [0.29, 0.717) is 11.3 Å². The second-order valence-electron chi connectivity index (χ2n) is 3.66. The summed E-state index contributed by atoms with van der Waals surface area (Å²) in [6, 6.07) is 4.32. The van der Waals surface area contributed by atoms with Crippen molar-refractivity contribution in [2.45, 2.75) is 31.2 Å². The molecule has 0 saturated carbocycles. The van der Waals surface area contributed by atoms with E-state index in [-0.39, 0.29) is 0 Å². The van der Waals surface area contributed by atoms with Gasteiger partial charge in [0, 0.05) is 17.0 Å². The van der Waals surface area contributed by atoms with Crippen LogP contribution in [-0.2, 0) is 6.54 Å². The SMILES string of the molecule is CC1CC(NCc2ccc(Cl)o2)CS1. The second kappa shape index (κ2) is 4.60. The molecule has 0 aromatic carbocycles. The fourth-order valence-corrected chi connectivity index (χ4v) is 3.00. The largest absolute Gasteiger partial charge is 0.448 e. The van der Waals surface area contributed by atoms with Gasteiger partial charge in [-0.2, -0.15) is 11.8 Å². The number of furan rings is 1. The third kappa shape index (κ3) is 2.69. The lowest BCUT2D eigenvalue weighted by Gasteiger charge is -2.09. The zero-order valence-corrected chi connectivity index (χ0v) is 9.70. The molecule has 0 bridgehead atoms. The Kier molecular flexibility index (Phi) is 3.42. The molecule has 78 valence electrons. The minimum absolute atomic E-state index is 0.468. The molecule has 1 fully saturated rings. The van der Waals surface area contributed by atoms with E-state index < -0.39 is 0 Å². The molecular formula is C10H14ClNOS. The Bertz CT molecular complexity index is 302. The topological polar surface area (TPSA) is 25.2 Å². The molecule has 1 aromatic rings. The highest BCUT2D eigenvalue weighted by Gasteiger charge is 2.21. The van der Waals surface area contributed by atoms with Gasteiger partial charge < -0.3 is 9.73 Å². The Hall–Kier alpha value is -0.120. The maximum Gasteiger partial charge on any atom is 0.193 e. The molecule has 1 N–H and O–H groups in total. The number of rotatable bonds is 3. The number of hydrogen-bond acceptors (Lipinski definition) is 3. The van der Waals surface area contributed by atoms with Crippen LogP contribution in [0.1, 0.15) is 19.1 Å². The Morgan fingerprint density at radius 3 is 3.07 bits per heavy atom. The van der Waals surface area contributed by atoms with E-state index >= 15 is 0 Å². The molecule has 0 aliphatic carbocycles. The molecule has 14 heavy (non-hydrogen) atoms. The van der Waals surface area contributed by atoms with Gasteiger partial charge in [-0.25, -0.2) is 0 Å². The summed E-state index contributed by atoms with van der Waals surface area (Å²) >= 11 is 7.71. The van der Waals surface area contributed by atoms with Crippen LogP contribution in [-0.4, -0.2) is 17.0 Å². The highest BCUT2D eigenvalue weighted by Crippen LogP contribution is 2.26. The summed E-state index contributed by atoms with van der Waals surface area (Å²) in [6.45, 7) is 3.06. The Labute approximate surface area is 93.4 Å². The molecule has 1 aliphatic rings. The first-order valence-electron chi connectivity index (χ1n) is 4.83. The lowest BCUT2D eigenvalue weighted by atomic mass is 10.2. The van der Waals surface area contributed by atoms with Crippen LogP contribution in [0.5, 0.6) is 0 Å². The number of nitrogens with one attached hydrogen (secondary N) is 1. The molecule has 2 heterocycles. The van der Waals surface area contributed by atoms with Gasteiger partial charge in [-0.15, -0.1) is 0 Å². The average molecular weight is 232 g/mol. The summed E-state index contributed by atoms with van der Waals surface area (Å²) in [7, 11) is 0. The third-order valence-electron chi connectivity index (χ3n) is 2.39. The molecule has 0 spiro atoms. The van der Waals surface area contributed by atoms with Gasteiger partial charge in [0.15, 0.2) is 5.22 Å². The smallest absolute Gasteiger partial charge is 0.193 e. The maximum absolute atomic E-state index is 5.68. The predicted octanol–water partition coefficient (Wildman–Crippen LogP) is 2.92. The summed E-state index contributed by atoms with van der Waals surface area (Å²) in [4.78, 5) is 0. The Morgan fingerprint density at radius 2 is 2.50 bits per heavy atom. The third-order valence-corrected chi connectivity index (χ3v) is 3.95. The molecule has 2 unspecified atom stereocenters. The Morgan fingerprint density at radius 1 is 1.64 bits per heavy atom. The van der Waals surface area contributed by atoms with Crippen LogP contribution in [0.3, 0.4) is 0 Å². The van der Waals surface area contributed by atoms with Crippen molar-refractivity contribution in [2.24, 2.45) is 0 Å². The molecule has 1 aromatic heterocycles. The van der Waals surface area contributed by atoms with Crippen LogP contribution in [0.15, 0.2) is 16.5 Å². The van der Waals surface area contributed by atoms with Crippen LogP contribution in [0.2, 0.25) is 5.22 Å². The standard InChI is InChI=1S/C10H14ClNOS/c1-7-4-8(6-14-7)12-5-9-2-3-10(11)13-9/h2-3,7-8,12H,4-6H2,1H3. The normalized spacial score (nSPS) is 27.0. The molecule has 2 atom stereocenters. The number of hydrogen-bond donors (Lipinski definition) is 1. The summed E-state index contributed by atoms with van der Waals surface area (Å²) in [5.41, 5.74) is 0. The molecule has 1 aliphatic heterocycles. The van der Waals surface area contributed by atoms with Gasteiger partial charge in [-0.3, -0.25) is 0 Å². The van der Waals surface area contributed by atoms with E-state index in [0.717, 1.165) is 17.6 Å². The molecular weight excluding hydrogens is 218 g/mol. The van der Waals surface area contributed by atoms with E-state index in [4.69, 9.17) is 16.0 Å². The van der Waals surface area contributed by atoms with E-state index in [9.17, 15) is 0 Å². The van der Waals surface area contributed by atoms with Gasteiger partial charge in [-0.1, -0.05) is 6.92 Å². The van der Waals surface area contributed by atoms with Crippen molar-refractivity contribution in [2.75, 3.05) is 5.75 Å². The van der Waals surface area contributed by atoms with Crippen LogP contribution < -0.4 is 5.32 Å². The van der Waals surface area contributed by atoms with E-state index in [1.165, 1.54) is 12.2 Å². The van der Waals surface area contributed by atoms with Crippen molar-refractivity contribution in [3.8, 4) is 0 Å². The van der Waals surface area contributed by atoms with Gasteiger partial charge >= 0.3 is 0 Å². The van der Waals surface area contributed by atoms with Crippen LogP contribution in [0.4, 0.5) is 0 Å². The molecule has 2 rings (SSSR count). The predicted molar refractivity (Wildman–Crippen MR) is 60.9 cm³/mol. The molecule has 4 heteroatoms. The summed E-state index contributed by atoms with van der Waals surface area (Å²) in [5.74, 6) is 2.12. The number of halogens is 1. The van der Waals surface area contributed by atoms with Crippen molar-refractivity contribution in [3.05, 3.63) is 23.1 Å². The van der Waals surface area contributed by atoms with Crippen LogP contribution >= 0.6 is 23.4 Å². The summed E-state index contributed by atoms with van der Waals surface area (Å²) in [5, 5.41) is 4.72. The van der Waals surface area contributed by atoms with Gasteiger partial charge in [0.25, 0.3) is 0 Å². The van der Waals surface area contributed by atoms with Crippen LogP contribution in [0.25, 0.3) is 0 Å². The van der Waals surface area contributed by atoms with Crippen molar-refractivity contribution in [1.29, 1.82) is 0 Å². The molecule has 1 saturated heterocycles. The van der Waals surface area contributed by atoms with E-state index in [1.54, 1.807) is 6.07 Å². The second-order valence-corrected chi connectivity index (χ2v) is 5.51. The minimum atomic E-state index is 0.468.